The van der Waals surface area contributed by atoms with Gasteiger partial charge >= 0.3 is 6.09 Å². The van der Waals surface area contributed by atoms with E-state index in [4.69, 9.17) is 4.74 Å². The average molecular weight is 548 g/mol. The molecule has 2 amide bonds. The van der Waals surface area contributed by atoms with Gasteiger partial charge in [-0.1, -0.05) is 26.8 Å². The van der Waals surface area contributed by atoms with Gasteiger partial charge in [0.25, 0.3) is 5.91 Å². The highest BCUT2D eigenvalue weighted by molar-refractivity contribution is 5.99. The maximum absolute atomic E-state index is 13.0. The molecule has 1 aromatic carbocycles. The highest BCUT2D eigenvalue weighted by Crippen LogP contribution is 2.29. The molecule has 0 saturated carbocycles. The normalized spacial score (nSPS) is 14.8. The van der Waals surface area contributed by atoms with Crippen molar-refractivity contribution in [3.63, 3.8) is 0 Å². The van der Waals surface area contributed by atoms with E-state index in [0.717, 1.165) is 35.5 Å². The maximum atomic E-state index is 13.0. The van der Waals surface area contributed by atoms with Crippen LogP contribution < -0.4 is 16.0 Å². The van der Waals surface area contributed by atoms with Crippen LogP contribution in [0.2, 0.25) is 0 Å². The van der Waals surface area contributed by atoms with Crippen molar-refractivity contribution in [1.82, 2.24) is 25.2 Å². The largest absolute Gasteiger partial charge is 0.446 e. The van der Waals surface area contributed by atoms with E-state index in [9.17, 15) is 9.59 Å². The number of amides is 2. The predicted molar refractivity (Wildman–Crippen MR) is 159 cm³/mol. The van der Waals surface area contributed by atoms with Crippen molar-refractivity contribution in [2.24, 2.45) is 0 Å². The second-order valence-corrected chi connectivity index (χ2v) is 11.6. The monoisotopic (exact) mass is 547 g/mol. The summed E-state index contributed by atoms with van der Waals surface area (Å²) in [5.74, 6) is 0.500. The van der Waals surface area contributed by atoms with Crippen molar-refractivity contribution in [3.05, 3.63) is 65.1 Å². The molecular formula is C30H41N7O3. The first-order valence-corrected chi connectivity index (χ1v) is 13.6. The number of hydrogen-bond acceptors (Lipinski definition) is 8. The smallest absolute Gasteiger partial charge is 0.409 e. The summed E-state index contributed by atoms with van der Waals surface area (Å²) in [5, 5.41) is 9.51. The average Bonchev–Trinajstić information content (AvgIpc) is 2.88. The Kier molecular flexibility index (Phi) is 8.56. The zero-order valence-electron chi connectivity index (χ0n) is 24.3. The Hall–Kier alpha value is -4.21. The van der Waals surface area contributed by atoms with Gasteiger partial charge in [0, 0.05) is 62.9 Å². The van der Waals surface area contributed by atoms with Crippen molar-refractivity contribution in [1.29, 1.82) is 0 Å². The Morgan fingerprint density at radius 2 is 1.80 bits per heavy atom. The van der Waals surface area contributed by atoms with Crippen molar-refractivity contribution >= 4 is 35.1 Å². The maximum Gasteiger partial charge on any atom is 0.409 e. The van der Waals surface area contributed by atoms with E-state index >= 15 is 0 Å². The van der Waals surface area contributed by atoms with Gasteiger partial charge in [-0.25, -0.2) is 9.78 Å². The molecule has 1 aliphatic rings. The number of hydrogen-bond donors (Lipinski definition) is 3. The lowest BCUT2D eigenvalue weighted by molar-refractivity contribution is 0.0679. The zero-order chi connectivity index (χ0) is 29.0. The van der Waals surface area contributed by atoms with Crippen LogP contribution in [0.1, 0.15) is 69.6 Å². The quantitative estimate of drug-likeness (QED) is 0.350. The Balaban J connectivity index is 0.00000462. The van der Waals surface area contributed by atoms with E-state index in [-0.39, 0.29) is 31.0 Å². The van der Waals surface area contributed by atoms with E-state index in [0.29, 0.717) is 23.8 Å². The van der Waals surface area contributed by atoms with Gasteiger partial charge in [-0.15, -0.1) is 0 Å². The van der Waals surface area contributed by atoms with Crippen LogP contribution >= 0.6 is 0 Å². The van der Waals surface area contributed by atoms with Gasteiger partial charge < -0.3 is 25.6 Å². The molecular weight excluding hydrogens is 506 g/mol. The highest BCUT2D eigenvalue weighted by atomic mass is 16.6. The van der Waals surface area contributed by atoms with Crippen LogP contribution in [-0.2, 0) is 23.0 Å². The topological polar surface area (TPSA) is 121 Å². The van der Waals surface area contributed by atoms with Crippen molar-refractivity contribution in [2.75, 3.05) is 24.7 Å². The summed E-state index contributed by atoms with van der Waals surface area (Å²) in [6.45, 7) is 10.1. The van der Waals surface area contributed by atoms with Gasteiger partial charge in [-0.3, -0.25) is 9.78 Å². The van der Waals surface area contributed by atoms with E-state index in [1.54, 1.807) is 20.3 Å². The zero-order valence-corrected chi connectivity index (χ0v) is 24.3. The molecule has 214 valence electrons. The number of aryl methyl sites for hydroxylation is 1. The number of pyridine rings is 1. The number of ether oxygens (including phenoxy) is 1. The standard InChI is InChI=1S/C30H39N7O3.H2/c1-18(2)33-27(38)24-17-32-28(36-26(24)34-22-12-13-31-25(16-22)30(3,4)5)35-21-10-8-20-15-23(11-9-19(20)14-21)40-29(39)37(6)7;/h8,10,12-14,16-18,23H,9,11,15H2,1-7H3,(H,33,38)(H2,31,32,34,35,36);1H. The first kappa shape index (κ1) is 28.8. The molecule has 0 radical (unpaired) electrons. The molecule has 4 rings (SSSR count). The van der Waals surface area contributed by atoms with Crippen molar-refractivity contribution in [2.45, 2.75) is 71.4 Å². The molecule has 0 fully saturated rings. The Morgan fingerprint density at radius 3 is 2.50 bits per heavy atom. The van der Waals surface area contributed by atoms with Gasteiger partial charge in [-0.2, -0.15) is 4.98 Å². The number of carbonyl (C=O) groups excluding carboxylic acids is 2. The van der Waals surface area contributed by atoms with Crippen LogP contribution in [0.15, 0.2) is 42.7 Å². The predicted octanol–water partition coefficient (Wildman–Crippen LogP) is 5.60. The molecule has 10 heteroatoms. The number of rotatable bonds is 7. The Labute approximate surface area is 237 Å². The van der Waals surface area contributed by atoms with Gasteiger partial charge in [0.1, 0.15) is 17.5 Å². The first-order valence-electron chi connectivity index (χ1n) is 13.6. The number of benzene rings is 1. The summed E-state index contributed by atoms with van der Waals surface area (Å²) < 4.78 is 5.59. The van der Waals surface area contributed by atoms with E-state index in [2.05, 4.69) is 57.7 Å². The fourth-order valence-corrected chi connectivity index (χ4v) is 4.38. The van der Waals surface area contributed by atoms with Gasteiger partial charge in [-0.05, 0) is 62.1 Å². The lowest BCUT2D eigenvalue weighted by Crippen LogP contribution is -2.31. The van der Waals surface area contributed by atoms with Crippen LogP contribution in [-0.4, -0.2) is 58.1 Å². The van der Waals surface area contributed by atoms with E-state index < -0.39 is 0 Å². The van der Waals surface area contributed by atoms with E-state index in [1.165, 1.54) is 16.7 Å². The third-order valence-corrected chi connectivity index (χ3v) is 6.52. The third kappa shape index (κ3) is 7.25. The number of carbonyl (C=O) groups is 2. The molecule has 2 aromatic heterocycles. The van der Waals surface area contributed by atoms with Gasteiger partial charge in [0.05, 0.1) is 0 Å². The summed E-state index contributed by atoms with van der Waals surface area (Å²) in [4.78, 5) is 40.0. The Bertz CT molecular complexity index is 1390. The minimum atomic E-state index is -0.319. The van der Waals surface area contributed by atoms with E-state index in [1.807, 2.05) is 38.1 Å². The summed E-state index contributed by atoms with van der Waals surface area (Å²) >= 11 is 0. The molecule has 0 saturated heterocycles. The summed E-state index contributed by atoms with van der Waals surface area (Å²) in [7, 11) is 3.37. The molecule has 40 heavy (non-hydrogen) atoms. The van der Waals surface area contributed by atoms with Crippen LogP contribution in [0.3, 0.4) is 0 Å². The minimum absolute atomic E-state index is 0. The molecule has 0 bridgehead atoms. The third-order valence-electron chi connectivity index (χ3n) is 6.52. The highest BCUT2D eigenvalue weighted by Gasteiger charge is 2.23. The molecule has 3 aromatic rings. The number of nitrogens with one attached hydrogen (secondary N) is 3. The molecule has 1 atom stereocenters. The molecule has 1 unspecified atom stereocenters. The fraction of sp³-hybridized carbons (Fsp3) is 0.433. The van der Waals surface area contributed by atoms with Crippen molar-refractivity contribution in [3.8, 4) is 0 Å². The van der Waals surface area contributed by atoms with Crippen LogP contribution in [0.5, 0.6) is 0 Å². The minimum Gasteiger partial charge on any atom is -0.446 e. The van der Waals surface area contributed by atoms with Crippen molar-refractivity contribution < 1.29 is 15.8 Å². The summed E-state index contributed by atoms with van der Waals surface area (Å²) in [6.07, 6.45) is 5.08. The fourth-order valence-electron chi connectivity index (χ4n) is 4.38. The lowest BCUT2D eigenvalue weighted by Gasteiger charge is -2.26. The van der Waals surface area contributed by atoms with Crippen LogP contribution in [0, 0.1) is 0 Å². The first-order chi connectivity index (χ1) is 18.9. The number of nitrogens with zero attached hydrogens (tertiary/aromatic N) is 4. The number of fused-ring (bicyclic) bond motifs is 1. The van der Waals surface area contributed by atoms with Crippen LogP contribution in [0.25, 0.3) is 0 Å². The SMILES string of the molecule is CC(C)NC(=O)c1cnc(Nc2ccc3c(c2)CCC(OC(=O)N(C)C)C3)nc1Nc1ccnc(C(C)(C)C)c1.[HH]. The number of aromatic nitrogens is 3. The molecule has 0 aliphatic heterocycles. The lowest BCUT2D eigenvalue weighted by atomic mass is 9.89. The molecule has 2 heterocycles. The second-order valence-electron chi connectivity index (χ2n) is 11.6. The molecule has 1 aliphatic carbocycles. The van der Waals surface area contributed by atoms with Gasteiger partial charge in [0.15, 0.2) is 0 Å². The van der Waals surface area contributed by atoms with Gasteiger partial charge in [0.2, 0.25) is 5.95 Å². The molecule has 3 N–H and O–H groups in total. The second kappa shape index (κ2) is 11.9. The summed E-state index contributed by atoms with van der Waals surface area (Å²) in [6, 6.07) is 9.86. The summed E-state index contributed by atoms with van der Waals surface area (Å²) in [5.41, 5.74) is 5.11. The van der Waals surface area contributed by atoms with Crippen LogP contribution in [0.4, 0.5) is 27.9 Å². The molecule has 10 nitrogen and oxygen atoms in total. The molecule has 0 spiro atoms. The Morgan fingerprint density at radius 1 is 1.05 bits per heavy atom. The number of anilines is 4.